The monoisotopic (exact) mass is 363 g/mol. The second kappa shape index (κ2) is 5.48. The van der Waals surface area contributed by atoms with Crippen molar-refractivity contribution in [1.29, 1.82) is 0 Å². The lowest BCUT2D eigenvalue weighted by Crippen LogP contribution is -2.14. The fraction of sp³-hybridized carbons (Fsp3) is 0. The Kier molecular flexibility index (Phi) is 4.13. The molecule has 7 heteroatoms. The van der Waals surface area contributed by atoms with Crippen LogP contribution < -0.4 is 4.72 Å². The van der Waals surface area contributed by atoms with Crippen LogP contribution in [-0.4, -0.2) is 8.42 Å². The van der Waals surface area contributed by atoms with E-state index in [0.717, 1.165) is 10.5 Å². The van der Waals surface area contributed by atoms with E-state index in [0.29, 0.717) is 0 Å². The van der Waals surface area contributed by atoms with Crippen molar-refractivity contribution < 1.29 is 12.8 Å². The zero-order valence-corrected chi connectivity index (χ0v) is 12.6. The fourth-order valence-electron chi connectivity index (χ4n) is 1.40. The van der Waals surface area contributed by atoms with E-state index in [9.17, 15) is 12.8 Å². The van der Waals surface area contributed by atoms with Crippen molar-refractivity contribution in [1.82, 2.24) is 0 Å². The van der Waals surface area contributed by atoms with Gasteiger partial charge in [-0.25, -0.2) is 12.8 Å². The number of rotatable bonds is 3. The summed E-state index contributed by atoms with van der Waals surface area (Å²) in [6, 6.07) is 9.90. The van der Waals surface area contributed by atoms with Gasteiger partial charge in [0.25, 0.3) is 10.0 Å². The molecule has 2 rings (SSSR count). The number of halogens is 3. The molecule has 3 nitrogen and oxygen atoms in total. The molecule has 19 heavy (non-hydrogen) atoms. The molecule has 0 unspecified atom stereocenters. The van der Waals surface area contributed by atoms with Crippen LogP contribution in [-0.2, 0) is 10.0 Å². The van der Waals surface area contributed by atoms with E-state index in [1.54, 1.807) is 12.1 Å². The molecule has 0 aromatic heterocycles. The van der Waals surface area contributed by atoms with Gasteiger partial charge in [-0.1, -0.05) is 33.6 Å². The Bertz CT molecular complexity index is 684. The summed E-state index contributed by atoms with van der Waals surface area (Å²) in [5.74, 6) is -0.729. The van der Waals surface area contributed by atoms with Crippen molar-refractivity contribution in [3.05, 3.63) is 57.8 Å². The van der Waals surface area contributed by atoms with Crippen LogP contribution in [0.2, 0.25) is 5.02 Å². The Hall–Kier alpha value is -1.11. The lowest BCUT2D eigenvalue weighted by atomic mass is 10.3. The summed E-state index contributed by atoms with van der Waals surface area (Å²) in [6.45, 7) is 0. The average molecular weight is 365 g/mol. The van der Waals surface area contributed by atoms with E-state index in [2.05, 4.69) is 20.7 Å². The smallest absolute Gasteiger partial charge is 0.262 e. The number of hydrogen-bond acceptors (Lipinski definition) is 2. The van der Waals surface area contributed by atoms with Gasteiger partial charge in [0.2, 0.25) is 0 Å². The summed E-state index contributed by atoms with van der Waals surface area (Å²) >= 11 is 8.98. The Morgan fingerprint density at radius 2 is 1.74 bits per heavy atom. The molecule has 0 bridgehead atoms. The van der Waals surface area contributed by atoms with E-state index in [1.165, 1.54) is 24.3 Å². The summed E-state index contributed by atoms with van der Waals surface area (Å²) in [5, 5.41) is 0.000636. The zero-order valence-electron chi connectivity index (χ0n) is 9.40. The third kappa shape index (κ3) is 3.26. The van der Waals surface area contributed by atoms with Crippen LogP contribution in [0.4, 0.5) is 10.1 Å². The molecule has 0 spiro atoms. The molecule has 0 saturated carbocycles. The highest BCUT2D eigenvalue weighted by atomic mass is 79.9. The molecule has 0 radical (unpaired) electrons. The molecule has 0 heterocycles. The van der Waals surface area contributed by atoms with Crippen molar-refractivity contribution in [3.8, 4) is 0 Å². The van der Waals surface area contributed by atoms with Crippen LogP contribution in [0.1, 0.15) is 0 Å². The second-order valence-electron chi connectivity index (χ2n) is 3.66. The number of hydrogen-bond donors (Lipinski definition) is 1. The molecule has 0 aliphatic rings. The maximum atomic E-state index is 13.5. The molecule has 0 fully saturated rings. The SMILES string of the molecule is O=S(=O)(Nc1c(F)cccc1Cl)c1ccc(Br)cc1. The molecule has 0 atom stereocenters. The molecule has 2 aromatic rings. The largest absolute Gasteiger partial charge is 0.275 e. The van der Waals surface area contributed by atoms with E-state index in [-0.39, 0.29) is 15.6 Å². The van der Waals surface area contributed by atoms with E-state index >= 15 is 0 Å². The lowest BCUT2D eigenvalue weighted by Gasteiger charge is -2.10. The first-order valence-electron chi connectivity index (χ1n) is 5.12. The van der Waals surface area contributed by atoms with E-state index < -0.39 is 15.8 Å². The summed E-state index contributed by atoms with van der Waals surface area (Å²) in [7, 11) is -3.87. The van der Waals surface area contributed by atoms with Crippen molar-refractivity contribution in [2.75, 3.05) is 4.72 Å². The Balaban J connectivity index is 2.39. The summed E-state index contributed by atoms with van der Waals surface area (Å²) in [6.07, 6.45) is 0. The topological polar surface area (TPSA) is 46.2 Å². The minimum Gasteiger partial charge on any atom is -0.275 e. The summed E-state index contributed by atoms with van der Waals surface area (Å²) in [4.78, 5) is 0.0232. The van der Waals surface area contributed by atoms with Crippen LogP contribution in [0.15, 0.2) is 51.8 Å². The predicted molar refractivity (Wildman–Crippen MR) is 76.4 cm³/mol. The molecule has 100 valence electrons. The molecular formula is C12H8BrClFNO2S. The number of anilines is 1. The second-order valence-corrected chi connectivity index (χ2v) is 6.66. The molecule has 2 aromatic carbocycles. The van der Waals surface area contributed by atoms with E-state index in [4.69, 9.17) is 11.6 Å². The molecule has 1 N–H and O–H groups in total. The number of benzene rings is 2. The molecule has 0 aliphatic carbocycles. The van der Waals surface area contributed by atoms with Gasteiger partial charge in [0.1, 0.15) is 11.5 Å². The van der Waals surface area contributed by atoms with Crippen molar-refractivity contribution in [2.24, 2.45) is 0 Å². The summed E-state index contributed by atoms with van der Waals surface area (Å²) < 4.78 is 40.6. The van der Waals surface area contributed by atoms with Crippen LogP contribution >= 0.6 is 27.5 Å². The third-order valence-electron chi connectivity index (χ3n) is 2.32. The van der Waals surface area contributed by atoms with Crippen LogP contribution in [0.5, 0.6) is 0 Å². The lowest BCUT2D eigenvalue weighted by molar-refractivity contribution is 0.598. The van der Waals surface area contributed by atoms with Crippen molar-refractivity contribution in [2.45, 2.75) is 4.90 Å². The number of sulfonamides is 1. The quantitative estimate of drug-likeness (QED) is 0.893. The minimum absolute atomic E-state index is 0.000636. The molecule has 0 amide bonds. The highest BCUT2D eigenvalue weighted by Gasteiger charge is 2.18. The highest BCUT2D eigenvalue weighted by Crippen LogP contribution is 2.27. The van der Waals surface area contributed by atoms with Crippen LogP contribution in [0.25, 0.3) is 0 Å². The third-order valence-corrected chi connectivity index (χ3v) is 4.53. The first kappa shape index (κ1) is 14.3. The van der Waals surface area contributed by atoms with Gasteiger partial charge in [0.05, 0.1) is 9.92 Å². The average Bonchev–Trinajstić information content (AvgIpc) is 2.35. The number of nitrogens with one attached hydrogen (secondary N) is 1. The predicted octanol–water partition coefficient (Wildman–Crippen LogP) is 4.04. The van der Waals surface area contributed by atoms with Crippen molar-refractivity contribution >= 4 is 43.2 Å². The van der Waals surface area contributed by atoms with Gasteiger partial charge in [-0.3, -0.25) is 4.72 Å². The maximum absolute atomic E-state index is 13.5. The van der Waals surface area contributed by atoms with Gasteiger partial charge >= 0.3 is 0 Å². The zero-order chi connectivity index (χ0) is 14.0. The molecule has 0 saturated heterocycles. The van der Waals surface area contributed by atoms with Gasteiger partial charge in [0.15, 0.2) is 0 Å². The number of para-hydroxylation sites is 1. The Morgan fingerprint density at radius 1 is 1.11 bits per heavy atom. The normalized spacial score (nSPS) is 11.3. The van der Waals surface area contributed by atoms with Crippen LogP contribution in [0.3, 0.4) is 0 Å². The minimum atomic E-state index is -3.87. The first-order chi connectivity index (χ1) is 8.90. The fourth-order valence-corrected chi connectivity index (χ4v) is 3.02. The Labute approximate surface area is 123 Å². The van der Waals surface area contributed by atoms with E-state index in [1.807, 2.05) is 0 Å². The first-order valence-corrected chi connectivity index (χ1v) is 7.78. The Morgan fingerprint density at radius 3 is 2.32 bits per heavy atom. The summed E-state index contributed by atoms with van der Waals surface area (Å²) in [5.41, 5.74) is -0.257. The molecule has 0 aliphatic heterocycles. The van der Waals surface area contributed by atoms with Gasteiger partial charge < -0.3 is 0 Å². The van der Waals surface area contributed by atoms with Crippen LogP contribution in [0, 0.1) is 5.82 Å². The standard InChI is InChI=1S/C12H8BrClFNO2S/c13-8-4-6-9(7-5-8)19(17,18)16-12-10(14)2-1-3-11(12)15/h1-7,16H. The van der Waals surface area contributed by atoms with Gasteiger partial charge in [0, 0.05) is 4.47 Å². The van der Waals surface area contributed by atoms with Crippen molar-refractivity contribution in [3.63, 3.8) is 0 Å². The van der Waals surface area contributed by atoms with Gasteiger partial charge in [-0.2, -0.15) is 0 Å². The van der Waals surface area contributed by atoms with Gasteiger partial charge in [-0.15, -0.1) is 0 Å². The highest BCUT2D eigenvalue weighted by molar-refractivity contribution is 9.10. The van der Waals surface area contributed by atoms with Gasteiger partial charge in [-0.05, 0) is 36.4 Å². The maximum Gasteiger partial charge on any atom is 0.262 e. The molecular weight excluding hydrogens is 357 g/mol.